The van der Waals surface area contributed by atoms with Gasteiger partial charge in [-0.15, -0.1) is 0 Å². The molecule has 0 amide bonds. The Balaban J connectivity index is 1.50. The summed E-state index contributed by atoms with van der Waals surface area (Å²) in [6.45, 7) is 16.4. The first-order valence-corrected chi connectivity index (χ1v) is 12.9. The van der Waals surface area contributed by atoms with E-state index in [1.165, 1.54) is 56.9 Å². The number of aliphatic hydroxyl groups excluding tert-OH is 1. The molecule has 0 aromatic heterocycles. The number of rotatable bonds is 6. The van der Waals surface area contributed by atoms with Gasteiger partial charge in [-0.1, -0.05) is 63.1 Å². The summed E-state index contributed by atoms with van der Waals surface area (Å²) in [5.74, 6) is 3.58. The van der Waals surface area contributed by atoms with Gasteiger partial charge in [0.05, 0.1) is 6.10 Å². The predicted octanol–water partition coefficient (Wildman–Crippen LogP) is 7.87. The van der Waals surface area contributed by atoms with E-state index >= 15 is 0 Å². The van der Waals surface area contributed by atoms with Crippen LogP contribution in [-0.2, 0) is 0 Å². The van der Waals surface area contributed by atoms with E-state index in [-0.39, 0.29) is 6.10 Å². The van der Waals surface area contributed by atoms with E-state index < -0.39 is 0 Å². The summed E-state index contributed by atoms with van der Waals surface area (Å²) in [5.41, 5.74) is 5.75. The topological polar surface area (TPSA) is 20.2 Å². The van der Waals surface area contributed by atoms with E-state index in [9.17, 15) is 5.11 Å². The van der Waals surface area contributed by atoms with E-state index in [0.29, 0.717) is 28.6 Å². The van der Waals surface area contributed by atoms with Gasteiger partial charge in [0, 0.05) is 0 Å². The Morgan fingerprint density at radius 1 is 1.13 bits per heavy atom. The van der Waals surface area contributed by atoms with Gasteiger partial charge in [0.2, 0.25) is 0 Å². The molecule has 0 aromatic carbocycles. The van der Waals surface area contributed by atoms with E-state index in [4.69, 9.17) is 0 Å². The molecule has 1 heteroatoms. The zero-order valence-electron chi connectivity index (χ0n) is 20.3. The molecule has 4 aliphatic carbocycles. The maximum atomic E-state index is 10.3. The van der Waals surface area contributed by atoms with E-state index in [2.05, 4.69) is 53.3 Å². The van der Waals surface area contributed by atoms with Crippen molar-refractivity contribution in [3.63, 3.8) is 0 Å². The highest BCUT2D eigenvalue weighted by atomic mass is 16.3. The minimum atomic E-state index is -0.0568. The SMILES string of the molecule is C=C(C)[C@H](CC)CC[C@@H](C)C1=CC[C@H]2C3=CCC4CC(O)CC[C@]4(C)[C@H]3CC[C@]12C. The van der Waals surface area contributed by atoms with Crippen LogP contribution < -0.4 is 0 Å². The molecule has 0 spiro atoms. The van der Waals surface area contributed by atoms with Crippen molar-refractivity contribution in [2.75, 3.05) is 0 Å². The number of aliphatic hydroxyl groups is 1. The highest BCUT2D eigenvalue weighted by Gasteiger charge is 2.56. The first-order chi connectivity index (χ1) is 14.2. The van der Waals surface area contributed by atoms with E-state index in [1.807, 2.05) is 5.57 Å². The van der Waals surface area contributed by atoms with E-state index in [1.54, 1.807) is 5.57 Å². The van der Waals surface area contributed by atoms with Crippen LogP contribution in [-0.4, -0.2) is 11.2 Å². The number of hydrogen-bond acceptors (Lipinski definition) is 1. The third-order valence-electron chi connectivity index (χ3n) is 10.4. The molecule has 0 bridgehead atoms. The third-order valence-corrected chi connectivity index (χ3v) is 10.4. The van der Waals surface area contributed by atoms with Crippen LogP contribution in [0.5, 0.6) is 0 Å². The minimum absolute atomic E-state index is 0.0568. The van der Waals surface area contributed by atoms with Crippen LogP contribution in [0.2, 0.25) is 0 Å². The Morgan fingerprint density at radius 2 is 1.90 bits per heavy atom. The Labute approximate surface area is 186 Å². The van der Waals surface area contributed by atoms with E-state index in [0.717, 1.165) is 24.7 Å². The van der Waals surface area contributed by atoms with Gasteiger partial charge in [-0.25, -0.2) is 0 Å². The molecule has 2 saturated carbocycles. The summed E-state index contributed by atoms with van der Waals surface area (Å²) in [4.78, 5) is 0. The van der Waals surface area contributed by atoms with Crippen molar-refractivity contribution in [3.8, 4) is 0 Å². The standard InChI is InChI=1S/C29H46O/c1-7-21(19(2)3)9-8-20(4)25-12-13-26-24-11-10-22-18-23(30)14-16-28(22,5)27(24)15-17-29(25,26)6/h11-12,20-23,26-27,30H,2,7-10,13-18H2,1,3-6H3/t20-,21-,22?,23?,26+,27+,28+,29-/m1/s1. The second kappa shape index (κ2) is 8.27. The summed E-state index contributed by atoms with van der Waals surface area (Å²) < 4.78 is 0. The second-order valence-electron chi connectivity index (χ2n) is 12.0. The van der Waals surface area contributed by atoms with Crippen molar-refractivity contribution in [2.24, 2.45) is 40.4 Å². The van der Waals surface area contributed by atoms with Gasteiger partial charge in [0.25, 0.3) is 0 Å². The zero-order chi connectivity index (χ0) is 21.7. The predicted molar refractivity (Wildman–Crippen MR) is 128 cm³/mol. The first kappa shape index (κ1) is 22.4. The number of fused-ring (bicyclic) bond motifs is 5. The molecule has 4 aliphatic rings. The lowest BCUT2D eigenvalue weighted by atomic mass is 9.47. The lowest BCUT2D eigenvalue weighted by molar-refractivity contribution is -0.0341. The monoisotopic (exact) mass is 410 g/mol. The molecule has 168 valence electrons. The molecule has 2 unspecified atom stereocenters. The average molecular weight is 411 g/mol. The van der Waals surface area contributed by atoms with Crippen LogP contribution in [0.4, 0.5) is 0 Å². The highest BCUT2D eigenvalue weighted by molar-refractivity contribution is 5.36. The van der Waals surface area contributed by atoms with Gasteiger partial charge in [0.1, 0.15) is 0 Å². The van der Waals surface area contributed by atoms with Crippen molar-refractivity contribution in [2.45, 2.75) is 105 Å². The number of hydrogen-bond donors (Lipinski definition) is 1. The normalized spacial score (nSPS) is 42.3. The van der Waals surface area contributed by atoms with Crippen LogP contribution in [0.1, 0.15) is 98.8 Å². The molecular formula is C29H46O. The molecule has 4 rings (SSSR count). The molecule has 0 aromatic rings. The Hall–Kier alpha value is -0.820. The molecule has 0 heterocycles. The molecule has 2 fully saturated rings. The van der Waals surface area contributed by atoms with Crippen molar-refractivity contribution in [1.82, 2.24) is 0 Å². The van der Waals surface area contributed by atoms with Gasteiger partial charge in [-0.3, -0.25) is 0 Å². The molecule has 0 radical (unpaired) electrons. The third kappa shape index (κ3) is 3.58. The largest absolute Gasteiger partial charge is 0.393 e. The highest BCUT2D eigenvalue weighted by Crippen LogP contribution is 2.65. The fraction of sp³-hybridized carbons (Fsp3) is 0.793. The molecule has 0 saturated heterocycles. The summed E-state index contributed by atoms with van der Waals surface area (Å²) >= 11 is 0. The van der Waals surface area contributed by atoms with Crippen molar-refractivity contribution < 1.29 is 5.11 Å². The number of allylic oxidation sites excluding steroid dienone is 5. The Kier molecular flexibility index (Phi) is 6.17. The Bertz CT molecular complexity index is 729. The minimum Gasteiger partial charge on any atom is -0.393 e. The summed E-state index contributed by atoms with van der Waals surface area (Å²) in [5, 5.41) is 10.3. The quantitative estimate of drug-likeness (QED) is 0.442. The van der Waals surface area contributed by atoms with Crippen LogP contribution in [0.15, 0.2) is 35.5 Å². The first-order valence-electron chi connectivity index (χ1n) is 12.9. The molecule has 1 nitrogen and oxygen atoms in total. The summed E-state index contributed by atoms with van der Waals surface area (Å²) in [6, 6.07) is 0. The van der Waals surface area contributed by atoms with Crippen LogP contribution >= 0.6 is 0 Å². The fourth-order valence-electron chi connectivity index (χ4n) is 8.28. The van der Waals surface area contributed by atoms with Crippen LogP contribution in [0.3, 0.4) is 0 Å². The van der Waals surface area contributed by atoms with Gasteiger partial charge < -0.3 is 5.11 Å². The fourth-order valence-corrected chi connectivity index (χ4v) is 8.28. The Morgan fingerprint density at radius 3 is 2.60 bits per heavy atom. The maximum Gasteiger partial charge on any atom is 0.0543 e. The maximum absolute atomic E-state index is 10.3. The van der Waals surface area contributed by atoms with Crippen LogP contribution in [0.25, 0.3) is 0 Å². The molecule has 8 atom stereocenters. The zero-order valence-corrected chi connectivity index (χ0v) is 20.3. The lowest BCUT2D eigenvalue weighted by Gasteiger charge is -2.57. The van der Waals surface area contributed by atoms with Gasteiger partial charge in [0.15, 0.2) is 0 Å². The second-order valence-corrected chi connectivity index (χ2v) is 12.0. The molecule has 0 aliphatic heterocycles. The van der Waals surface area contributed by atoms with Crippen LogP contribution in [0, 0.1) is 40.4 Å². The molecule has 1 N–H and O–H groups in total. The van der Waals surface area contributed by atoms with Gasteiger partial charge >= 0.3 is 0 Å². The lowest BCUT2D eigenvalue weighted by Crippen LogP contribution is -2.49. The van der Waals surface area contributed by atoms with Crippen molar-refractivity contribution >= 4 is 0 Å². The van der Waals surface area contributed by atoms with Crippen molar-refractivity contribution in [3.05, 3.63) is 35.5 Å². The summed E-state index contributed by atoms with van der Waals surface area (Å²) in [6.07, 6.45) is 17.5. The van der Waals surface area contributed by atoms with Gasteiger partial charge in [-0.05, 0) is 112 Å². The molecule has 30 heavy (non-hydrogen) atoms. The van der Waals surface area contributed by atoms with Gasteiger partial charge in [-0.2, -0.15) is 0 Å². The smallest absolute Gasteiger partial charge is 0.0543 e. The molecular weight excluding hydrogens is 364 g/mol. The average Bonchev–Trinajstić information content (AvgIpc) is 3.06. The summed E-state index contributed by atoms with van der Waals surface area (Å²) in [7, 11) is 0. The van der Waals surface area contributed by atoms with Crippen molar-refractivity contribution in [1.29, 1.82) is 0 Å².